The molecule has 3 N–H and O–H groups in total. The van der Waals surface area contributed by atoms with Gasteiger partial charge in [-0.25, -0.2) is 9.37 Å². The Kier molecular flexibility index (Phi) is 7.07. The predicted molar refractivity (Wildman–Crippen MR) is 129 cm³/mol. The molecule has 0 radical (unpaired) electrons. The fourth-order valence-electron chi connectivity index (χ4n) is 3.75. The van der Waals surface area contributed by atoms with Crippen molar-refractivity contribution in [3.63, 3.8) is 0 Å². The number of anilines is 2. The van der Waals surface area contributed by atoms with E-state index in [0.717, 1.165) is 31.9 Å². The third kappa shape index (κ3) is 4.93. The van der Waals surface area contributed by atoms with Crippen LogP contribution in [0.1, 0.15) is 18.6 Å². The molecule has 4 rings (SSSR count). The molecule has 1 aliphatic rings. The summed E-state index contributed by atoms with van der Waals surface area (Å²) in [5.41, 5.74) is 8.75. The van der Waals surface area contributed by atoms with Crippen molar-refractivity contribution in [3.8, 4) is 22.8 Å². The van der Waals surface area contributed by atoms with Gasteiger partial charge in [0, 0.05) is 48.5 Å². The summed E-state index contributed by atoms with van der Waals surface area (Å²) in [6, 6.07) is 6.36. The van der Waals surface area contributed by atoms with Crippen LogP contribution in [0.2, 0.25) is 10.0 Å². The van der Waals surface area contributed by atoms with Crippen molar-refractivity contribution in [1.82, 2.24) is 15.3 Å². The molecule has 174 valence electrons. The van der Waals surface area contributed by atoms with Gasteiger partial charge in [-0.05, 0) is 31.2 Å². The highest BCUT2D eigenvalue weighted by molar-refractivity contribution is 6.36. The Hall–Kier alpha value is -2.81. The number of nitrogens with zero attached hydrogens (tertiary/aromatic N) is 3. The highest BCUT2D eigenvalue weighted by atomic mass is 35.5. The van der Waals surface area contributed by atoms with Crippen LogP contribution < -0.4 is 25.4 Å². The van der Waals surface area contributed by atoms with Crippen LogP contribution in [0.3, 0.4) is 0 Å². The van der Waals surface area contributed by atoms with Gasteiger partial charge in [-0.1, -0.05) is 23.2 Å². The zero-order valence-electron chi connectivity index (χ0n) is 18.2. The number of nitrogens with one attached hydrogen (secondary N) is 1. The van der Waals surface area contributed by atoms with Crippen LogP contribution in [0.5, 0.6) is 11.5 Å². The average Bonchev–Trinajstić information content (AvgIpc) is 2.83. The highest BCUT2D eigenvalue weighted by Crippen LogP contribution is 2.38. The predicted octanol–water partition coefficient (Wildman–Crippen LogP) is 4.73. The molecule has 0 aliphatic carbocycles. The molecule has 33 heavy (non-hydrogen) atoms. The molecule has 0 unspecified atom stereocenters. The first-order valence-electron chi connectivity index (χ1n) is 10.4. The fraction of sp³-hybridized carbons (Fsp3) is 0.304. The molecule has 0 spiro atoms. The van der Waals surface area contributed by atoms with E-state index in [1.54, 1.807) is 32.5 Å². The minimum absolute atomic E-state index is 0.0878. The zero-order chi connectivity index (χ0) is 23.5. The lowest BCUT2D eigenvalue weighted by molar-refractivity contribution is 0.227. The highest BCUT2D eigenvalue weighted by Gasteiger charge is 2.21. The smallest absolute Gasteiger partial charge is 0.166 e. The van der Waals surface area contributed by atoms with Crippen molar-refractivity contribution in [3.05, 3.63) is 58.1 Å². The van der Waals surface area contributed by atoms with Crippen molar-refractivity contribution in [1.29, 1.82) is 0 Å². The Balaban J connectivity index is 1.66. The number of halogens is 3. The van der Waals surface area contributed by atoms with Crippen LogP contribution in [0.25, 0.3) is 11.3 Å². The number of hydrogen-bond donors (Lipinski definition) is 2. The average molecular weight is 492 g/mol. The van der Waals surface area contributed by atoms with Crippen LogP contribution in [-0.4, -0.2) is 43.3 Å². The van der Waals surface area contributed by atoms with Gasteiger partial charge in [0.25, 0.3) is 0 Å². The second-order valence-corrected chi connectivity index (χ2v) is 8.39. The fourth-order valence-corrected chi connectivity index (χ4v) is 4.43. The molecular weight excluding hydrogens is 468 g/mol. The first-order chi connectivity index (χ1) is 15.9. The number of aromatic nitrogens is 2. The van der Waals surface area contributed by atoms with E-state index in [-0.39, 0.29) is 10.8 Å². The summed E-state index contributed by atoms with van der Waals surface area (Å²) in [6.45, 7) is 5.23. The summed E-state index contributed by atoms with van der Waals surface area (Å²) >= 11 is 12.4. The standard InChI is InChI=1S/C23H24Cl2FN5O2/c1-13(21-15(24)3-4-16(26)22(21)25)33-19-9-14(11-30-23(19)27)17-10-18(20(32-2)12-29-17)31-7-5-28-6-8-31/h3-4,9-13,28H,5-8H2,1-2H3,(H2,27,30)/t13-/m1/s1. The summed E-state index contributed by atoms with van der Waals surface area (Å²) in [6.07, 6.45) is 2.66. The largest absolute Gasteiger partial charge is 0.493 e. The topological polar surface area (TPSA) is 85.5 Å². The Morgan fingerprint density at radius 3 is 2.61 bits per heavy atom. The second kappa shape index (κ2) is 9.99. The van der Waals surface area contributed by atoms with E-state index in [4.69, 9.17) is 38.4 Å². The summed E-state index contributed by atoms with van der Waals surface area (Å²) in [7, 11) is 1.63. The van der Waals surface area contributed by atoms with E-state index in [0.29, 0.717) is 33.3 Å². The lowest BCUT2D eigenvalue weighted by Gasteiger charge is -2.30. The first-order valence-corrected chi connectivity index (χ1v) is 11.2. The molecule has 3 aromatic rings. The molecule has 3 heterocycles. The summed E-state index contributed by atoms with van der Waals surface area (Å²) in [5.74, 6) is 0.626. The molecule has 2 aromatic heterocycles. The van der Waals surface area contributed by atoms with Crippen molar-refractivity contribution in [2.75, 3.05) is 43.9 Å². The van der Waals surface area contributed by atoms with E-state index in [1.165, 1.54) is 12.1 Å². The van der Waals surface area contributed by atoms with Gasteiger partial charge in [0.2, 0.25) is 0 Å². The molecular formula is C23H24Cl2FN5O2. The van der Waals surface area contributed by atoms with Crippen LogP contribution in [0.15, 0.2) is 36.7 Å². The molecule has 0 bridgehead atoms. The number of nitrogen functional groups attached to an aromatic ring is 1. The van der Waals surface area contributed by atoms with Gasteiger partial charge in [-0.2, -0.15) is 0 Å². The number of rotatable bonds is 6. The van der Waals surface area contributed by atoms with Gasteiger partial charge in [-0.15, -0.1) is 0 Å². The Bertz CT molecular complexity index is 1160. The first kappa shape index (κ1) is 23.4. The van der Waals surface area contributed by atoms with Gasteiger partial charge in [0.15, 0.2) is 17.3 Å². The Morgan fingerprint density at radius 1 is 1.12 bits per heavy atom. The summed E-state index contributed by atoms with van der Waals surface area (Å²) in [4.78, 5) is 11.0. The van der Waals surface area contributed by atoms with Crippen molar-refractivity contribution < 1.29 is 13.9 Å². The SMILES string of the molecule is COc1cnc(-c2cnc(N)c(O[C@H](C)c3c(Cl)ccc(F)c3Cl)c2)cc1N1CCNCC1. The van der Waals surface area contributed by atoms with E-state index in [1.807, 2.05) is 6.07 Å². The van der Waals surface area contributed by atoms with Gasteiger partial charge < -0.3 is 25.4 Å². The third-order valence-electron chi connectivity index (χ3n) is 5.49. The normalized spacial score (nSPS) is 14.8. The number of pyridine rings is 2. The van der Waals surface area contributed by atoms with Crippen molar-refractivity contribution in [2.45, 2.75) is 13.0 Å². The van der Waals surface area contributed by atoms with E-state index in [2.05, 4.69) is 20.2 Å². The van der Waals surface area contributed by atoms with Gasteiger partial charge in [-0.3, -0.25) is 4.98 Å². The van der Waals surface area contributed by atoms with Gasteiger partial charge in [0.05, 0.1) is 29.7 Å². The van der Waals surface area contributed by atoms with Crippen LogP contribution >= 0.6 is 23.2 Å². The quantitative estimate of drug-likeness (QED) is 0.482. The summed E-state index contributed by atoms with van der Waals surface area (Å²) < 4.78 is 25.5. The monoisotopic (exact) mass is 491 g/mol. The maximum Gasteiger partial charge on any atom is 0.166 e. The summed E-state index contributed by atoms with van der Waals surface area (Å²) in [5, 5.41) is 3.56. The minimum Gasteiger partial charge on any atom is -0.493 e. The molecule has 1 fully saturated rings. The van der Waals surface area contributed by atoms with Crippen LogP contribution in [-0.2, 0) is 0 Å². The second-order valence-electron chi connectivity index (χ2n) is 7.60. The maximum atomic E-state index is 14.0. The lowest BCUT2D eigenvalue weighted by Crippen LogP contribution is -2.43. The molecule has 1 saturated heterocycles. The number of ether oxygens (including phenoxy) is 2. The number of piperazine rings is 1. The lowest BCUT2D eigenvalue weighted by atomic mass is 10.1. The Labute approximate surface area is 201 Å². The minimum atomic E-state index is -0.666. The Morgan fingerprint density at radius 2 is 1.88 bits per heavy atom. The van der Waals surface area contributed by atoms with Gasteiger partial charge in [0.1, 0.15) is 11.9 Å². The molecule has 1 aromatic carbocycles. The van der Waals surface area contributed by atoms with Crippen molar-refractivity contribution in [2.24, 2.45) is 0 Å². The van der Waals surface area contributed by atoms with Crippen LogP contribution in [0, 0.1) is 5.82 Å². The number of benzene rings is 1. The number of hydrogen-bond acceptors (Lipinski definition) is 7. The molecule has 7 nitrogen and oxygen atoms in total. The molecule has 1 atom stereocenters. The molecule has 0 saturated carbocycles. The van der Waals surface area contributed by atoms with Crippen LogP contribution in [0.4, 0.5) is 15.9 Å². The number of methoxy groups -OCH3 is 1. The van der Waals surface area contributed by atoms with Crippen molar-refractivity contribution >= 4 is 34.7 Å². The molecule has 10 heteroatoms. The van der Waals surface area contributed by atoms with Gasteiger partial charge >= 0.3 is 0 Å². The van der Waals surface area contributed by atoms with E-state index in [9.17, 15) is 4.39 Å². The molecule has 1 aliphatic heterocycles. The third-order valence-corrected chi connectivity index (χ3v) is 6.21. The van der Waals surface area contributed by atoms with E-state index >= 15 is 0 Å². The molecule has 0 amide bonds. The zero-order valence-corrected chi connectivity index (χ0v) is 19.8. The maximum absolute atomic E-state index is 14.0. The van der Waals surface area contributed by atoms with E-state index < -0.39 is 11.9 Å². The number of nitrogens with two attached hydrogens (primary N) is 1.